The minimum atomic E-state index is -0.0675. The van der Waals surface area contributed by atoms with Gasteiger partial charge in [-0.25, -0.2) is 4.68 Å². The molecular formula is C15H17ClN4O. The molecule has 1 aromatic heterocycles. The second-order valence-electron chi connectivity index (χ2n) is 5.15. The third-order valence-corrected chi connectivity index (χ3v) is 3.86. The number of nitrogens with zero attached hydrogens (tertiary/aromatic N) is 2. The first-order valence-corrected chi connectivity index (χ1v) is 7.42. The average Bonchev–Trinajstić information content (AvgIpc) is 2.99. The second kappa shape index (κ2) is 6.28. The van der Waals surface area contributed by atoms with Crippen molar-refractivity contribution in [3.63, 3.8) is 0 Å². The highest BCUT2D eigenvalue weighted by Crippen LogP contribution is 2.13. The molecule has 5 nitrogen and oxygen atoms in total. The molecule has 0 aliphatic carbocycles. The summed E-state index contributed by atoms with van der Waals surface area (Å²) in [5.41, 5.74) is 1.45. The Labute approximate surface area is 128 Å². The summed E-state index contributed by atoms with van der Waals surface area (Å²) in [4.78, 5) is 12.2. The monoisotopic (exact) mass is 304 g/mol. The Morgan fingerprint density at radius 2 is 2.00 bits per heavy atom. The molecule has 0 bridgehead atoms. The van der Waals surface area contributed by atoms with Gasteiger partial charge in [0.2, 0.25) is 0 Å². The Morgan fingerprint density at radius 1 is 1.29 bits per heavy atom. The van der Waals surface area contributed by atoms with Crippen molar-refractivity contribution < 1.29 is 4.79 Å². The van der Waals surface area contributed by atoms with E-state index in [0.29, 0.717) is 10.6 Å². The van der Waals surface area contributed by atoms with E-state index in [1.807, 2.05) is 12.1 Å². The predicted molar refractivity (Wildman–Crippen MR) is 81.9 cm³/mol. The fraction of sp³-hybridized carbons (Fsp3) is 0.333. The first kappa shape index (κ1) is 14.1. The smallest absolute Gasteiger partial charge is 0.254 e. The molecule has 2 aromatic rings. The molecule has 0 atom stereocenters. The van der Waals surface area contributed by atoms with E-state index in [1.54, 1.807) is 29.2 Å². The van der Waals surface area contributed by atoms with E-state index in [4.69, 9.17) is 11.6 Å². The van der Waals surface area contributed by atoms with Gasteiger partial charge in [-0.15, -0.1) is 0 Å². The molecule has 0 radical (unpaired) electrons. The van der Waals surface area contributed by atoms with Crippen LogP contribution in [0.5, 0.6) is 0 Å². The number of carbonyl (C=O) groups excluding carboxylic acids is 1. The highest BCUT2D eigenvalue weighted by Gasteiger charge is 2.17. The van der Waals surface area contributed by atoms with Crippen molar-refractivity contribution in [2.75, 3.05) is 13.1 Å². The van der Waals surface area contributed by atoms with Crippen molar-refractivity contribution in [1.29, 1.82) is 0 Å². The Hall–Kier alpha value is -1.85. The lowest BCUT2D eigenvalue weighted by molar-refractivity contribution is 0.0929. The minimum absolute atomic E-state index is 0.0675. The Morgan fingerprint density at radius 3 is 2.71 bits per heavy atom. The molecule has 0 unspecified atom stereocenters. The molecule has 1 fully saturated rings. The maximum absolute atomic E-state index is 12.2. The van der Waals surface area contributed by atoms with Crippen LogP contribution in [-0.4, -0.2) is 34.8 Å². The standard InChI is InChI=1S/C15H17ClN4O/c16-12-1-3-14(4-2-12)20-10-11(9-18-20)15(21)19-13-5-7-17-8-6-13/h1-4,9-10,13,17H,5-8H2,(H,19,21). The van der Waals surface area contributed by atoms with Gasteiger partial charge < -0.3 is 10.6 Å². The third kappa shape index (κ3) is 3.43. The van der Waals surface area contributed by atoms with Gasteiger partial charge in [0, 0.05) is 17.3 Å². The fourth-order valence-electron chi connectivity index (χ4n) is 2.41. The fourth-order valence-corrected chi connectivity index (χ4v) is 2.54. The highest BCUT2D eigenvalue weighted by atomic mass is 35.5. The van der Waals surface area contributed by atoms with Crippen LogP contribution in [0, 0.1) is 0 Å². The lowest BCUT2D eigenvalue weighted by Crippen LogP contribution is -2.42. The molecule has 2 N–H and O–H groups in total. The summed E-state index contributed by atoms with van der Waals surface area (Å²) in [6.45, 7) is 1.91. The number of amides is 1. The number of carbonyl (C=O) groups is 1. The number of benzene rings is 1. The Kier molecular flexibility index (Phi) is 4.22. The van der Waals surface area contributed by atoms with E-state index in [9.17, 15) is 4.79 Å². The maximum Gasteiger partial charge on any atom is 0.254 e. The Balaban J connectivity index is 1.69. The summed E-state index contributed by atoms with van der Waals surface area (Å²) in [5.74, 6) is -0.0675. The maximum atomic E-state index is 12.2. The van der Waals surface area contributed by atoms with Crippen LogP contribution in [0.4, 0.5) is 0 Å². The van der Waals surface area contributed by atoms with Crippen molar-refractivity contribution in [2.45, 2.75) is 18.9 Å². The number of halogens is 1. The number of aromatic nitrogens is 2. The van der Waals surface area contributed by atoms with Crippen LogP contribution >= 0.6 is 11.6 Å². The van der Waals surface area contributed by atoms with E-state index in [-0.39, 0.29) is 11.9 Å². The van der Waals surface area contributed by atoms with Gasteiger partial charge in [0.1, 0.15) is 0 Å². The molecule has 2 heterocycles. The summed E-state index contributed by atoms with van der Waals surface area (Å²) in [6.07, 6.45) is 5.26. The number of rotatable bonds is 3. The van der Waals surface area contributed by atoms with Crippen LogP contribution in [-0.2, 0) is 0 Å². The summed E-state index contributed by atoms with van der Waals surface area (Å²) in [7, 11) is 0. The van der Waals surface area contributed by atoms with Crippen LogP contribution in [0.1, 0.15) is 23.2 Å². The zero-order chi connectivity index (χ0) is 14.7. The Bertz CT molecular complexity index is 617. The van der Waals surface area contributed by atoms with Gasteiger partial charge >= 0.3 is 0 Å². The van der Waals surface area contributed by atoms with Crippen molar-refractivity contribution in [3.8, 4) is 5.69 Å². The van der Waals surface area contributed by atoms with Gasteiger partial charge in [0.15, 0.2) is 0 Å². The van der Waals surface area contributed by atoms with Crippen molar-refractivity contribution in [2.24, 2.45) is 0 Å². The molecule has 0 saturated carbocycles. The average molecular weight is 305 g/mol. The van der Waals surface area contributed by atoms with E-state index in [1.165, 1.54) is 0 Å². The number of piperidine rings is 1. The lowest BCUT2D eigenvalue weighted by atomic mass is 10.1. The van der Waals surface area contributed by atoms with Crippen LogP contribution in [0.3, 0.4) is 0 Å². The molecule has 1 saturated heterocycles. The normalized spacial score (nSPS) is 15.9. The SMILES string of the molecule is O=C(NC1CCNCC1)c1cnn(-c2ccc(Cl)cc2)c1. The first-order valence-electron chi connectivity index (χ1n) is 7.04. The highest BCUT2D eigenvalue weighted by molar-refractivity contribution is 6.30. The molecule has 1 aliphatic rings. The van der Waals surface area contributed by atoms with E-state index in [2.05, 4.69) is 15.7 Å². The van der Waals surface area contributed by atoms with E-state index in [0.717, 1.165) is 31.6 Å². The van der Waals surface area contributed by atoms with Crippen LogP contribution < -0.4 is 10.6 Å². The number of nitrogens with one attached hydrogen (secondary N) is 2. The summed E-state index contributed by atoms with van der Waals surface area (Å²) in [5, 5.41) is 11.2. The van der Waals surface area contributed by atoms with Crippen molar-refractivity contribution in [1.82, 2.24) is 20.4 Å². The van der Waals surface area contributed by atoms with Gasteiger partial charge in [-0.1, -0.05) is 11.6 Å². The topological polar surface area (TPSA) is 59.0 Å². The van der Waals surface area contributed by atoms with Crippen LogP contribution in [0.2, 0.25) is 5.02 Å². The zero-order valence-electron chi connectivity index (χ0n) is 11.6. The van der Waals surface area contributed by atoms with Gasteiger partial charge in [-0.3, -0.25) is 4.79 Å². The molecule has 6 heteroatoms. The molecule has 1 amide bonds. The molecule has 110 valence electrons. The minimum Gasteiger partial charge on any atom is -0.349 e. The van der Waals surface area contributed by atoms with E-state index < -0.39 is 0 Å². The molecule has 3 rings (SSSR count). The van der Waals surface area contributed by atoms with Crippen LogP contribution in [0.25, 0.3) is 5.69 Å². The predicted octanol–water partition coefficient (Wildman–Crippen LogP) is 2.01. The number of hydrogen-bond acceptors (Lipinski definition) is 3. The summed E-state index contributed by atoms with van der Waals surface area (Å²) >= 11 is 5.86. The van der Waals surface area contributed by atoms with E-state index >= 15 is 0 Å². The molecule has 1 aliphatic heterocycles. The van der Waals surface area contributed by atoms with Gasteiger partial charge in [0.05, 0.1) is 17.4 Å². The van der Waals surface area contributed by atoms with Gasteiger partial charge in [-0.2, -0.15) is 5.10 Å². The van der Waals surface area contributed by atoms with Gasteiger partial charge in [0.25, 0.3) is 5.91 Å². The molecule has 21 heavy (non-hydrogen) atoms. The third-order valence-electron chi connectivity index (χ3n) is 3.61. The quantitative estimate of drug-likeness (QED) is 0.912. The summed E-state index contributed by atoms with van der Waals surface area (Å²) in [6, 6.07) is 7.58. The first-order chi connectivity index (χ1) is 10.2. The van der Waals surface area contributed by atoms with Gasteiger partial charge in [-0.05, 0) is 50.2 Å². The molecule has 1 aromatic carbocycles. The molecular weight excluding hydrogens is 288 g/mol. The largest absolute Gasteiger partial charge is 0.349 e. The number of hydrogen-bond donors (Lipinski definition) is 2. The summed E-state index contributed by atoms with van der Waals surface area (Å²) < 4.78 is 1.67. The lowest BCUT2D eigenvalue weighted by Gasteiger charge is -2.23. The van der Waals surface area contributed by atoms with Crippen LogP contribution in [0.15, 0.2) is 36.7 Å². The second-order valence-corrected chi connectivity index (χ2v) is 5.58. The zero-order valence-corrected chi connectivity index (χ0v) is 12.3. The van der Waals surface area contributed by atoms with Crippen molar-refractivity contribution >= 4 is 17.5 Å². The van der Waals surface area contributed by atoms with Crippen molar-refractivity contribution in [3.05, 3.63) is 47.2 Å². The molecule has 0 spiro atoms.